The summed E-state index contributed by atoms with van der Waals surface area (Å²) in [6.07, 6.45) is 1.79. The summed E-state index contributed by atoms with van der Waals surface area (Å²) < 4.78 is 0. The molecule has 2 heterocycles. The first-order valence-corrected chi connectivity index (χ1v) is 7.95. The summed E-state index contributed by atoms with van der Waals surface area (Å²) in [5.74, 6) is 0.502. The average molecular weight is 326 g/mol. The quantitative estimate of drug-likeness (QED) is 0.725. The Kier molecular flexibility index (Phi) is 3.71. The van der Waals surface area contributed by atoms with Gasteiger partial charge in [0.15, 0.2) is 5.82 Å². The lowest BCUT2D eigenvalue weighted by Crippen LogP contribution is -2.26. The number of rotatable bonds is 2. The average Bonchev–Trinajstić information content (AvgIpc) is 3.11. The molecule has 4 rings (SSSR count). The van der Waals surface area contributed by atoms with Crippen LogP contribution in [0.25, 0.3) is 11.4 Å². The van der Waals surface area contributed by atoms with Crippen molar-refractivity contribution in [3.05, 3.63) is 83.2 Å². The lowest BCUT2D eigenvalue weighted by molar-refractivity contribution is 0.0750. The van der Waals surface area contributed by atoms with Gasteiger partial charge in [0.2, 0.25) is 0 Å². The van der Waals surface area contributed by atoms with Crippen molar-refractivity contribution >= 4 is 5.91 Å². The number of carbonyl (C=O) groups is 1. The molecule has 0 saturated heterocycles. The third-order valence-corrected chi connectivity index (χ3v) is 4.25. The molecule has 25 heavy (non-hydrogen) atoms. The van der Waals surface area contributed by atoms with Gasteiger partial charge >= 0.3 is 0 Å². The number of benzene rings is 2. The highest BCUT2D eigenvalue weighted by Crippen LogP contribution is 2.25. The predicted octanol–water partition coefficient (Wildman–Crippen LogP) is 3.17. The normalized spacial score (nSPS) is 12.5. The standard InChI is InChI=1S/C20H14N4O/c21-10-15-8-4-5-9-17(15)20(25)24-12-16-11-22-19(23-18(16)13-24)14-6-2-1-3-7-14/h1-9,11H,12-13H2. The molecule has 0 saturated carbocycles. The molecule has 0 atom stereocenters. The fourth-order valence-corrected chi connectivity index (χ4v) is 2.96. The molecule has 1 aliphatic rings. The summed E-state index contributed by atoms with van der Waals surface area (Å²) in [7, 11) is 0. The Hall–Kier alpha value is -3.52. The van der Waals surface area contributed by atoms with E-state index >= 15 is 0 Å². The van der Waals surface area contributed by atoms with Crippen molar-refractivity contribution in [3.63, 3.8) is 0 Å². The summed E-state index contributed by atoms with van der Waals surface area (Å²) in [5, 5.41) is 9.20. The molecule has 0 unspecified atom stereocenters. The summed E-state index contributed by atoms with van der Waals surface area (Å²) in [6, 6.07) is 18.7. The molecule has 0 aliphatic carbocycles. The van der Waals surface area contributed by atoms with Crippen LogP contribution in [-0.4, -0.2) is 20.8 Å². The molecule has 0 fully saturated rings. The van der Waals surface area contributed by atoms with Crippen molar-refractivity contribution in [2.24, 2.45) is 0 Å². The number of fused-ring (bicyclic) bond motifs is 1. The van der Waals surface area contributed by atoms with Crippen molar-refractivity contribution in [1.82, 2.24) is 14.9 Å². The van der Waals surface area contributed by atoms with E-state index in [-0.39, 0.29) is 5.91 Å². The van der Waals surface area contributed by atoms with E-state index in [1.807, 2.05) is 30.3 Å². The third-order valence-electron chi connectivity index (χ3n) is 4.25. The van der Waals surface area contributed by atoms with Gasteiger partial charge in [-0.1, -0.05) is 42.5 Å². The van der Waals surface area contributed by atoms with Gasteiger partial charge in [-0.2, -0.15) is 5.26 Å². The number of carbonyl (C=O) groups excluding carboxylic acids is 1. The molecule has 1 aliphatic heterocycles. The molecule has 1 amide bonds. The molecular weight excluding hydrogens is 312 g/mol. The monoisotopic (exact) mass is 326 g/mol. The molecular formula is C20H14N4O. The zero-order chi connectivity index (χ0) is 17.2. The van der Waals surface area contributed by atoms with E-state index in [0.29, 0.717) is 30.0 Å². The summed E-state index contributed by atoms with van der Waals surface area (Å²) in [6.45, 7) is 0.888. The van der Waals surface area contributed by atoms with Crippen molar-refractivity contribution in [3.8, 4) is 17.5 Å². The maximum Gasteiger partial charge on any atom is 0.255 e. The highest BCUT2D eigenvalue weighted by Gasteiger charge is 2.27. The topological polar surface area (TPSA) is 69.9 Å². The molecule has 0 spiro atoms. The second kappa shape index (κ2) is 6.17. The number of aromatic nitrogens is 2. The highest BCUT2D eigenvalue weighted by molar-refractivity contribution is 5.96. The molecule has 5 heteroatoms. The van der Waals surface area contributed by atoms with E-state index in [0.717, 1.165) is 16.8 Å². The zero-order valence-electron chi connectivity index (χ0n) is 13.4. The fourth-order valence-electron chi connectivity index (χ4n) is 2.96. The van der Waals surface area contributed by atoms with Crippen LogP contribution in [-0.2, 0) is 13.1 Å². The molecule has 0 bridgehead atoms. The van der Waals surface area contributed by atoms with Crippen LogP contribution in [0.1, 0.15) is 27.2 Å². The second-order valence-electron chi connectivity index (χ2n) is 5.85. The van der Waals surface area contributed by atoms with Crippen LogP contribution in [0.2, 0.25) is 0 Å². The van der Waals surface area contributed by atoms with Crippen LogP contribution in [0.3, 0.4) is 0 Å². The Morgan fingerprint density at radius 3 is 2.60 bits per heavy atom. The van der Waals surface area contributed by atoms with Crippen LogP contribution in [0.4, 0.5) is 0 Å². The Labute approximate surface area is 145 Å². The van der Waals surface area contributed by atoms with Gasteiger partial charge in [0.05, 0.1) is 29.4 Å². The second-order valence-corrected chi connectivity index (χ2v) is 5.85. The summed E-state index contributed by atoms with van der Waals surface area (Å²) >= 11 is 0. The zero-order valence-corrected chi connectivity index (χ0v) is 13.4. The van der Waals surface area contributed by atoms with Crippen molar-refractivity contribution < 1.29 is 4.79 Å². The van der Waals surface area contributed by atoms with Gasteiger partial charge in [0, 0.05) is 23.9 Å². The van der Waals surface area contributed by atoms with E-state index in [2.05, 4.69) is 16.0 Å². The molecule has 0 N–H and O–H groups in total. The van der Waals surface area contributed by atoms with Gasteiger partial charge in [-0.3, -0.25) is 4.79 Å². The number of hydrogen-bond acceptors (Lipinski definition) is 4. The number of nitrogens with zero attached hydrogens (tertiary/aromatic N) is 4. The van der Waals surface area contributed by atoms with E-state index in [4.69, 9.17) is 0 Å². The lowest BCUT2D eigenvalue weighted by atomic mass is 10.1. The van der Waals surface area contributed by atoms with E-state index in [1.54, 1.807) is 35.4 Å². The van der Waals surface area contributed by atoms with Crippen molar-refractivity contribution in [1.29, 1.82) is 5.26 Å². The molecule has 0 radical (unpaired) electrons. The highest BCUT2D eigenvalue weighted by atomic mass is 16.2. The Bertz CT molecular complexity index is 992. The van der Waals surface area contributed by atoms with Gasteiger partial charge < -0.3 is 4.90 Å². The first-order chi connectivity index (χ1) is 12.3. The van der Waals surface area contributed by atoms with Crippen molar-refractivity contribution in [2.75, 3.05) is 0 Å². The lowest BCUT2D eigenvalue weighted by Gasteiger charge is -2.15. The molecule has 5 nitrogen and oxygen atoms in total. The molecule has 1 aromatic heterocycles. The number of nitriles is 1. The SMILES string of the molecule is N#Cc1ccccc1C(=O)N1Cc2cnc(-c3ccccc3)nc2C1. The van der Waals surface area contributed by atoms with Crippen LogP contribution in [0, 0.1) is 11.3 Å². The number of hydrogen-bond donors (Lipinski definition) is 0. The third kappa shape index (κ3) is 2.74. The van der Waals surface area contributed by atoms with E-state index < -0.39 is 0 Å². The predicted molar refractivity (Wildman–Crippen MR) is 92.2 cm³/mol. The summed E-state index contributed by atoms with van der Waals surface area (Å²) in [4.78, 5) is 23.5. The first kappa shape index (κ1) is 15.0. The Morgan fingerprint density at radius 1 is 1.04 bits per heavy atom. The maximum atomic E-state index is 12.8. The van der Waals surface area contributed by atoms with Crippen molar-refractivity contribution in [2.45, 2.75) is 13.1 Å². The molecule has 3 aromatic rings. The minimum atomic E-state index is -0.156. The van der Waals surface area contributed by atoms with E-state index in [1.165, 1.54) is 0 Å². The van der Waals surface area contributed by atoms with Crippen LogP contribution >= 0.6 is 0 Å². The largest absolute Gasteiger partial charge is 0.328 e. The Balaban J connectivity index is 1.61. The maximum absolute atomic E-state index is 12.8. The van der Waals surface area contributed by atoms with Gasteiger partial charge in [0.25, 0.3) is 5.91 Å². The smallest absolute Gasteiger partial charge is 0.255 e. The summed E-state index contributed by atoms with van der Waals surface area (Å²) in [5.41, 5.74) is 3.57. The van der Waals surface area contributed by atoms with Gasteiger partial charge in [-0.25, -0.2) is 9.97 Å². The fraction of sp³-hybridized carbons (Fsp3) is 0.100. The molecule has 2 aromatic carbocycles. The van der Waals surface area contributed by atoms with Gasteiger partial charge in [0.1, 0.15) is 0 Å². The van der Waals surface area contributed by atoms with E-state index in [9.17, 15) is 10.1 Å². The minimum absolute atomic E-state index is 0.156. The minimum Gasteiger partial charge on any atom is -0.328 e. The van der Waals surface area contributed by atoms with Crippen LogP contribution in [0.15, 0.2) is 60.8 Å². The number of amides is 1. The van der Waals surface area contributed by atoms with Gasteiger partial charge in [-0.15, -0.1) is 0 Å². The first-order valence-electron chi connectivity index (χ1n) is 7.95. The Morgan fingerprint density at radius 2 is 1.80 bits per heavy atom. The van der Waals surface area contributed by atoms with Crippen LogP contribution in [0.5, 0.6) is 0 Å². The van der Waals surface area contributed by atoms with Gasteiger partial charge in [-0.05, 0) is 12.1 Å². The molecule has 120 valence electrons. The van der Waals surface area contributed by atoms with Crippen LogP contribution < -0.4 is 0 Å².